The minimum Gasteiger partial charge on any atom is -0.406 e. The van der Waals surface area contributed by atoms with Gasteiger partial charge in [-0.05, 0) is 36.4 Å². The van der Waals surface area contributed by atoms with Crippen molar-refractivity contribution in [1.82, 2.24) is 4.98 Å². The number of amides is 1. The first kappa shape index (κ1) is 14.8. The first-order chi connectivity index (χ1) is 9.87. The summed E-state index contributed by atoms with van der Waals surface area (Å²) in [5.41, 5.74) is 0.828. The number of hydrogen-bond donors (Lipinski definition) is 0. The number of halogens is 3. The van der Waals surface area contributed by atoms with Gasteiger partial charge in [0.2, 0.25) is 0 Å². The molecule has 7 heteroatoms. The average Bonchev–Trinajstić information content (AvgIpc) is 2.46. The van der Waals surface area contributed by atoms with E-state index in [9.17, 15) is 18.0 Å². The lowest BCUT2D eigenvalue weighted by Gasteiger charge is -2.17. The highest BCUT2D eigenvalue weighted by Crippen LogP contribution is 2.23. The summed E-state index contributed by atoms with van der Waals surface area (Å²) in [6, 6.07) is 8.12. The predicted molar refractivity (Wildman–Crippen MR) is 70.1 cm³/mol. The molecule has 0 fully saturated rings. The van der Waals surface area contributed by atoms with Crippen molar-refractivity contribution in [2.75, 3.05) is 11.9 Å². The summed E-state index contributed by atoms with van der Waals surface area (Å²) < 4.78 is 39.9. The molecule has 1 heterocycles. The number of anilines is 1. The second-order valence-corrected chi connectivity index (χ2v) is 4.15. The van der Waals surface area contributed by atoms with E-state index in [1.807, 2.05) is 0 Å². The van der Waals surface area contributed by atoms with Crippen LogP contribution in [0, 0.1) is 0 Å². The maximum atomic E-state index is 12.2. The number of aromatic nitrogens is 1. The molecular formula is C14H11F3N2O2. The Morgan fingerprint density at radius 1 is 1.19 bits per heavy atom. The van der Waals surface area contributed by atoms with Crippen molar-refractivity contribution in [2.45, 2.75) is 6.36 Å². The maximum absolute atomic E-state index is 12.2. The van der Waals surface area contributed by atoms with Crippen LogP contribution in [0.1, 0.15) is 10.4 Å². The molecule has 0 aliphatic carbocycles. The van der Waals surface area contributed by atoms with Gasteiger partial charge in [-0.15, -0.1) is 13.2 Å². The van der Waals surface area contributed by atoms with Crippen LogP contribution in [0.2, 0.25) is 0 Å². The second-order valence-electron chi connectivity index (χ2n) is 4.15. The fourth-order valence-electron chi connectivity index (χ4n) is 1.66. The van der Waals surface area contributed by atoms with Crippen LogP contribution in [0.25, 0.3) is 0 Å². The van der Waals surface area contributed by atoms with Crippen molar-refractivity contribution in [2.24, 2.45) is 0 Å². The van der Waals surface area contributed by atoms with Crippen LogP contribution in [-0.4, -0.2) is 24.3 Å². The Hall–Kier alpha value is -2.57. The van der Waals surface area contributed by atoms with Gasteiger partial charge in [0.25, 0.3) is 5.91 Å². The quantitative estimate of drug-likeness (QED) is 0.873. The molecule has 0 radical (unpaired) electrons. The van der Waals surface area contributed by atoms with E-state index >= 15 is 0 Å². The van der Waals surface area contributed by atoms with Gasteiger partial charge in [0.05, 0.1) is 11.9 Å². The molecule has 1 amide bonds. The zero-order valence-corrected chi connectivity index (χ0v) is 11.0. The smallest absolute Gasteiger partial charge is 0.406 e. The van der Waals surface area contributed by atoms with E-state index in [0.717, 1.165) is 12.1 Å². The van der Waals surface area contributed by atoms with E-state index in [2.05, 4.69) is 9.72 Å². The van der Waals surface area contributed by atoms with Gasteiger partial charge < -0.3 is 9.64 Å². The molecule has 0 N–H and O–H groups in total. The van der Waals surface area contributed by atoms with E-state index in [1.165, 1.54) is 23.2 Å². The Labute approximate surface area is 118 Å². The summed E-state index contributed by atoms with van der Waals surface area (Å²) in [7, 11) is 1.56. The van der Waals surface area contributed by atoms with Crippen LogP contribution >= 0.6 is 0 Å². The SMILES string of the molecule is CN(C(=O)c1ccc(OC(F)(F)F)cc1)c1cccnc1. The number of alkyl halides is 3. The van der Waals surface area contributed by atoms with Gasteiger partial charge in [-0.3, -0.25) is 9.78 Å². The highest BCUT2D eigenvalue weighted by Gasteiger charge is 2.31. The van der Waals surface area contributed by atoms with E-state index in [4.69, 9.17) is 0 Å². The summed E-state index contributed by atoms with van der Waals surface area (Å²) in [4.78, 5) is 17.4. The molecule has 0 spiro atoms. The van der Waals surface area contributed by atoms with Crippen LogP contribution in [0.5, 0.6) is 5.75 Å². The summed E-state index contributed by atoms with van der Waals surface area (Å²) in [6.07, 6.45) is -1.66. The number of benzene rings is 1. The van der Waals surface area contributed by atoms with Crippen LogP contribution < -0.4 is 9.64 Å². The summed E-state index contributed by atoms with van der Waals surface area (Å²) >= 11 is 0. The molecule has 1 aromatic carbocycles. The fraction of sp³-hybridized carbons (Fsp3) is 0.143. The number of carbonyl (C=O) groups excluding carboxylic acids is 1. The second kappa shape index (κ2) is 5.82. The average molecular weight is 296 g/mol. The molecule has 0 aliphatic heterocycles. The first-order valence-electron chi connectivity index (χ1n) is 5.91. The normalized spacial score (nSPS) is 11.0. The topological polar surface area (TPSA) is 42.4 Å². The number of rotatable bonds is 3. The standard InChI is InChI=1S/C14H11F3N2O2/c1-19(11-3-2-8-18-9-11)13(20)10-4-6-12(7-5-10)21-14(15,16)17/h2-9H,1H3. The minimum absolute atomic E-state index is 0.246. The molecule has 21 heavy (non-hydrogen) atoms. The van der Waals surface area contributed by atoms with Gasteiger partial charge in [-0.2, -0.15) is 0 Å². The Morgan fingerprint density at radius 3 is 2.38 bits per heavy atom. The number of hydrogen-bond acceptors (Lipinski definition) is 3. The maximum Gasteiger partial charge on any atom is 0.573 e. The van der Waals surface area contributed by atoms with Gasteiger partial charge in [0.15, 0.2) is 0 Å². The van der Waals surface area contributed by atoms with Crippen molar-refractivity contribution < 1.29 is 22.7 Å². The fourth-order valence-corrected chi connectivity index (χ4v) is 1.66. The Morgan fingerprint density at radius 2 is 1.86 bits per heavy atom. The molecule has 0 bridgehead atoms. The van der Waals surface area contributed by atoms with E-state index < -0.39 is 6.36 Å². The third-order valence-electron chi connectivity index (χ3n) is 2.67. The Balaban J connectivity index is 2.13. The summed E-state index contributed by atoms with van der Waals surface area (Å²) in [5.74, 6) is -0.732. The lowest BCUT2D eigenvalue weighted by atomic mass is 10.2. The highest BCUT2D eigenvalue weighted by atomic mass is 19.4. The Bertz CT molecular complexity index is 612. The van der Waals surface area contributed by atoms with Crippen LogP contribution in [0.15, 0.2) is 48.8 Å². The minimum atomic E-state index is -4.75. The largest absolute Gasteiger partial charge is 0.573 e. The molecule has 110 valence electrons. The van der Waals surface area contributed by atoms with E-state index in [-0.39, 0.29) is 17.2 Å². The predicted octanol–water partition coefficient (Wildman–Crippen LogP) is 3.26. The Kier molecular flexibility index (Phi) is 4.11. The van der Waals surface area contributed by atoms with Crippen molar-refractivity contribution >= 4 is 11.6 Å². The number of carbonyl (C=O) groups is 1. The third-order valence-corrected chi connectivity index (χ3v) is 2.67. The van der Waals surface area contributed by atoms with Crippen molar-refractivity contribution in [3.8, 4) is 5.75 Å². The summed E-state index contributed by atoms with van der Waals surface area (Å²) in [5, 5.41) is 0. The monoisotopic (exact) mass is 296 g/mol. The zero-order valence-electron chi connectivity index (χ0n) is 11.0. The van der Waals surface area contributed by atoms with Gasteiger partial charge in [-0.1, -0.05) is 0 Å². The number of ether oxygens (including phenoxy) is 1. The molecule has 0 aliphatic rings. The summed E-state index contributed by atoms with van der Waals surface area (Å²) in [6.45, 7) is 0. The molecule has 0 atom stereocenters. The van der Waals surface area contributed by atoms with Crippen LogP contribution in [0.4, 0.5) is 18.9 Å². The molecular weight excluding hydrogens is 285 g/mol. The highest BCUT2D eigenvalue weighted by molar-refractivity contribution is 6.05. The molecule has 0 unspecified atom stereocenters. The lowest BCUT2D eigenvalue weighted by molar-refractivity contribution is -0.274. The van der Waals surface area contributed by atoms with Gasteiger partial charge in [0.1, 0.15) is 5.75 Å². The molecule has 2 rings (SSSR count). The third kappa shape index (κ3) is 3.95. The van der Waals surface area contributed by atoms with Crippen molar-refractivity contribution in [3.63, 3.8) is 0 Å². The van der Waals surface area contributed by atoms with Crippen molar-refractivity contribution in [1.29, 1.82) is 0 Å². The molecule has 1 aromatic heterocycles. The van der Waals surface area contributed by atoms with Crippen LogP contribution in [-0.2, 0) is 0 Å². The van der Waals surface area contributed by atoms with Crippen LogP contribution in [0.3, 0.4) is 0 Å². The van der Waals surface area contributed by atoms with Gasteiger partial charge >= 0.3 is 6.36 Å². The number of nitrogens with zero attached hydrogens (tertiary/aromatic N) is 2. The van der Waals surface area contributed by atoms with Gasteiger partial charge in [0, 0.05) is 18.8 Å². The molecule has 2 aromatic rings. The van der Waals surface area contributed by atoms with Crippen molar-refractivity contribution in [3.05, 3.63) is 54.4 Å². The number of pyridine rings is 1. The van der Waals surface area contributed by atoms with E-state index in [1.54, 1.807) is 25.4 Å². The lowest BCUT2D eigenvalue weighted by Crippen LogP contribution is -2.26. The van der Waals surface area contributed by atoms with Gasteiger partial charge in [-0.25, -0.2) is 0 Å². The first-order valence-corrected chi connectivity index (χ1v) is 5.91. The molecule has 4 nitrogen and oxygen atoms in total. The zero-order chi connectivity index (χ0) is 15.5. The van der Waals surface area contributed by atoms with E-state index in [0.29, 0.717) is 5.69 Å². The molecule has 0 saturated heterocycles. The molecule has 0 saturated carbocycles.